The Balaban J connectivity index is 0.744. The molecule has 0 saturated heterocycles. The van der Waals surface area contributed by atoms with Gasteiger partial charge >= 0.3 is 0 Å². The fourth-order valence-corrected chi connectivity index (χ4v) is 11.9. The summed E-state index contributed by atoms with van der Waals surface area (Å²) in [7, 11) is 0. The summed E-state index contributed by atoms with van der Waals surface area (Å²) >= 11 is 0. The van der Waals surface area contributed by atoms with Crippen LogP contribution in [0.3, 0.4) is 0 Å². The molecule has 0 fully saturated rings. The van der Waals surface area contributed by atoms with Crippen molar-refractivity contribution >= 4 is 60.8 Å². The van der Waals surface area contributed by atoms with Gasteiger partial charge in [0.2, 0.25) is 0 Å². The highest BCUT2D eigenvalue weighted by atomic mass is 16.3. The van der Waals surface area contributed by atoms with Gasteiger partial charge in [0.25, 0.3) is 0 Å². The minimum absolute atomic E-state index is 0.879. The zero-order chi connectivity index (χ0) is 53.6. The monoisotopic (exact) mass is 1030 g/mol. The Kier molecular flexibility index (Phi) is 11.9. The number of para-hydroxylation sites is 4. The highest BCUT2D eigenvalue weighted by Gasteiger charge is 2.19. The summed E-state index contributed by atoms with van der Waals surface area (Å²) < 4.78 is 9.39. The second-order valence-corrected chi connectivity index (χ2v) is 20.8. The molecule has 380 valence electrons. The molecule has 0 aliphatic rings. The largest absolute Gasteiger partial charge is 0.455 e. The molecule has 15 rings (SSSR count). The van der Waals surface area contributed by atoms with Gasteiger partial charge in [-0.15, -0.1) is 0 Å². The quantitative estimate of drug-likeness (QED) is 0.129. The van der Waals surface area contributed by atoms with Crippen LogP contribution < -0.4 is 4.90 Å². The second kappa shape index (κ2) is 20.2. The zero-order valence-electron chi connectivity index (χ0n) is 44.3. The maximum Gasteiger partial charge on any atom is 0.143 e. The first kappa shape index (κ1) is 47.5. The third-order valence-corrected chi connectivity index (χ3v) is 16.1. The number of furan rings is 1. The highest BCUT2D eigenvalue weighted by molar-refractivity contribution is 6.13. The van der Waals surface area contributed by atoms with Crippen LogP contribution in [-0.2, 0) is 0 Å². The van der Waals surface area contributed by atoms with Crippen LogP contribution in [0.1, 0.15) is 0 Å². The van der Waals surface area contributed by atoms with E-state index in [1.54, 1.807) is 0 Å². The molecule has 81 heavy (non-hydrogen) atoms. The molecule has 0 N–H and O–H groups in total. The first-order chi connectivity index (χ1) is 40.1. The molecule has 0 atom stereocenters. The average molecular weight is 1030 g/mol. The molecule has 0 radical (unpaired) electrons. The molecule has 3 nitrogen and oxygen atoms in total. The number of nitrogens with zero attached hydrogens (tertiary/aromatic N) is 2. The lowest BCUT2D eigenvalue weighted by Gasteiger charge is -2.26. The Morgan fingerprint density at radius 1 is 0.222 bits per heavy atom. The molecule has 0 aliphatic heterocycles. The minimum Gasteiger partial charge on any atom is -0.455 e. The van der Waals surface area contributed by atoms with Crippen LogP contribution >= 0.6 is 0 Å². The highest BCUT2D eigenvalue weighted by Crippen LogP contribution is 2.43. The van der Waals surface area contributed by atoms with Crippen molar-refractivity contribution in [3.8, 4) is 83.6 Å². The van der Waals surface area contributed by atoms with Crippen LogP contribution in [0.15, 0.2) is 320 Å². The van der Waals surface area contributed by atoms with Gasteiger partial charge in [-0.3, -0.25) is 0 Å². The number of hydrogen-bond donors (Lipinski definition) is 0. The van der Waals surface area contributed by atoms with Crippen LogP contribution in [0.4, 0.5) is 17.1 Å². The molecule has 13 aromatic carbocycles. The van der Waals surface area contributed by atoms with Crippen LogP contribution in [0.2, 0.25) is 0 Å². The average Bonchev–Trinajstić information content (AvgIpc) is 4.23. The standard InChI is InChI=1S/C78H52N2O/c1-4-14-53(15-5-1)55-26-30-57(31-27-55)59-38-45-66(46-39-59)79(67-47-40-60(41-48-67)58-32-28-56(29-33-58)54-16-6-2-7-17-54)68-49-42-63(43-50-68)70-22-13-24-73-72-23-12-21-69(77(72)81-78(70)73)62-36-34-61(35-37-62)64-44-51-76-74(52-64)71-20-10-11-25-75(71)80(76)65-18-8-3-9-19-65/h1-52H. The lowest BCUT2D eigenvalue weighted by molar-refractivity contribution is 0.671. The van der Waals surface area contributed by atoms with Crippen LogP contribution in [0, 0.1) is 0 Å². The van der Waals surface area contributed by atoms with Gasteiger partial charge in [-0.1, -0.05) is 249 Å². The van der Waals surface area contributed by atoms with Crippen molar-refractivity contribution in [3.63, 3.8) is 0 Å². The van der Waals surface area contributed by atoms with Crippen LogP contribution in [-0.4, -0.2) is 4.57 Å². The van der Waals surface area contributed by atoms with E-state index in [0.29, 0.717) is 0 Å². The predicted molar refractivity (Wildman–Crippen MR) is 341 cm³/mol. The third-order valence-electron chi connectivity index (χ3n) is 16.1. The Bertz CT molecular complexity index is 4590. The van der Waals surface area contributed by atoms with Crippen LogP contribution in [0.5, 0.6) is 0 Å². The second-order valence-electron chi connectivity index (χ2n) is 20.8. The topological polar surface area (TPSA) is 21.3 Å². The summed E-state index contributed by atoms with van der Waals surface area (Å²) in [6.45, 7) is 0. The van der Waals surface area contributed by atoms with Gasteiger partial charge in [0, 0.05) is 55.4 Å². The summed E-state index contributed by atoms with van der Waals surface area (Å²) in [5.74, 6) is 0. The lowest BCUT2D eigenvalue weighted by atomic mass is 9.97. The van der Waals surface area contributed by atoms with E-state index in [9.17, 15) is 0 Å². The Morgan fingerprint density at radius 3 is 1.00 bits per heavy atom. The van der Waals surface area contributed by atoms with Crippen molar-refractivity contribution in [2.45, 2.75) is 0 Å². The summed E-state index contributed by atoms with van der Waals surface area (Å²) in [5.41, 5.74) is 24.7. The van der Waals surface area contributed by atoms with Crippen molar-refractivity contribution in [1.29, 1.82) is 0 Å². The van der Waals surface area contributed by atoms with E-state index < -0.39 is 0 Å². The molecule has 0 aliphatic carbocycles. The SMILES string of the molecule is c1ccc(-c2ccc(-c3ccc(N(c4ccc(-c5ccc(-c6ccccc6)cc5)cc4)c4ccc(-c5cccc6c5oc5c(-c7ccc(-c8ccc9c(c8)c8ccccc8n9-c8ccccc8)cc7)cccc56)cc4)cc3)cc2)cc1. The molecule has 0 saturated carbocycles. The van der Waals surface area contributed by atoms with Gasteiger partial charge in [0.15, 0.2) is 0 Å². The third kappa shape index (κ3) is 8.75. The van der Waals surface area contributed by atoms with E-state index in [0.717, 1.165) is 66.9 Å². The van der Waals surface area contributed by atoms with E-state index in [2.05, 4.69) is 325 Å². The summed E-state index contributed by atoms with van der Waals surface area (Å²) in [6, 6.07) is 114. The predicted octanol–water partition coefficient (Wildman–Crippen LogP) is 21.8. The Morgan fingerprint density at radius 2 is 0.543 bits per heavy atom. The summed E-state index contributed by atoms with van der Waals surface area (Å²) in [6.07, 6.45) is 0. The first-order valence-corrected chi connectivity index (χ1v) is 27.7. The molecule has 2 heterocycles. The van der Waals surface area contributed by atoms with Crippen molar-refractivity contribution in [1.82, 2.24) is 4.57 Å². The zero-order valence-corrected chi connectivity index (χ0v) is 44.3. The molecule has 2 aromatic heterocycles. The van der Waals surface area contributed by atoms with Gasteiger partial charge in [-0.05, 0) is 133 Å². The fraction of sp³-hybridized carbons (Fsp3) is 0. The molecule has 15 aromatic rings. The number of fused-ring (bicyclic) bond motifs is 6. The number of hydrogen-bond acceptors (Lipinski definition) is 2. The molecular weight excluding hydrogens is 981 g/mol. The van der Waals surface area contributed by atoms with Crippen molar-refractivity contribution in [2.75, 3.05) is 4.90 Å². The van der Waals surface area contributed by atoms with Gasteiger partial charge in [-0.25, -0.2) is 0 Å². The first-order valence-electron chi connectivity index (χ1n) is 27.7. The van der Waals surface area contributed by atoms with E-state index in [4.69, 9.17) is 4.42 Å². The Labute approximate surface area is 471 Å². The molecule has 0 bridgehead atoms. The molecule has 0 unspecified atom stereocenters. The van der Waals surface area contributed by atoms with Crippen LogP contribution in [0.25, 0.3) is 127 Å². The van der Waals surface area contributed by atoms with E-state index in [1.807, 2.05) is 0 Å². The van der Waals surface area contributed by atoms with Crippen molar-refractivity contribution in [2.24, 2.45) is 0 Å². The number of anilines is 3. The van der Waals surface area contributed by atoms with Gasteiger partial charge in [-0.2, -0.15) is 0 Å². The molecular formula is C78H52N2O. The number of benzene rings is 13. The smallest absolute Gasteiger partial charge is 0.143 e. The maximum atomic E-state index is 7.02. The van der Waals surface area contributed by atoms with Gasteiger partial charge in [0.1, 0.15) is 11.2 Å². The Hall–Kier alpha value is -10.7. The van der Waals surface area contributed by atoms with Gasteiger partial charge in [0.05, 0.1) is 11.0 Å². The van der Waals surface area contributed by atoms with E-state index >= 15 is 0 Å². The lowest BCUT2D eigenvalue weighted by Crippen LogP contribution is -2.09. The van der Waals surface area contributed by atoms with Gasteiger partial charge < -0.3 is 13.9 Å². The molecule has 3 heteroatoms. The number of aromatic nitrogens is 1. The summed E-state index contributed by atoms with van der Waals surface area (Å²) in [5, 5.41) is 4.68. The van der Waals surface area contributed by atoms with Crippen molar-refractivity contribution in [3.05, 3.63) is 315 Å². The summed E-state index contributed by atoms with van der Waals surface area (Å²) in [4.78, 5) is 2.34. The minimum atomic E-state index is 0.879. The molecule has 0 spiro atoms. The normalized spacial score (nSPS) is 11.5. The maximum absolute atomic E-state index is 7.02. The number of rotatable bonds is 11. The fourth-order valence-electron chi connectivity index (χ4n) is 11.9. The van der Waals surface area contributed by atoms with E-state index in [1.165, 1.54) is 77.4 Å². The van der Waals surface area contributed by atoms with Crippen molar-refractivity contribution < 1.29 is 4.42 Å². The van der Waals surface area contributed by atoms with E-state index in [-0.39, 0.29) is 0 Å². The molecule has 0 amide bonds.